The first-order chi connectivity index (χ1) is 13.4. The van der Waals surface area contributed by atoms with Crippen LogP contribution in [0, 0.1) is 0 Å². The lowest BCUT2D eigenvalue weighted by molar-refractivity contribution is -0.137. The molecule has 4 aromatic rings. The Hall–Kier alpha value is -3.68. The Balaban J connectivity index is 1.60. The van der Waals surface area contributed by atoms with Crippen molar-refractivity contribution in [1.82, 2.24) is 15.0 Å². The van der Waals surface area contributed by atoms with Crippen LogP contribution < -0.4 is 10.5 Å². The van der Waals surface area contributed by atoms with Crippen molar-refractivity contribution in [3.8, 4) is 22.9 Å². The molecular weight excluding hydrogens is 369 g/mol. The molecule has 2 heterocycles. The molecule has 5 nitrogen and oxygen atoms in total. The number of aromatic nitrogens is 3. The van der Waals surface area contributed by atoms with Crippen molar-refractivity contribution in [2.75, 3.05) is 5.73 Å². The van der Waals surface area contributed by atoms with Gasteiger partial charge in [0.05, 0.1) is 16.8 Å². The first-order valence-corrected chi connectivity index (χ1v) is 8.22. The summed E-state index contributed by atoms with van der Waals surface area (Å²) >= 11 is 0. The number of anilines is 1. The van der Waals surface area contributed by atoms with Gasteiger partial charge in [0.2, 0.25) is 5.88 Å². The van der Waals surface area contributed by atoms with E-state index < -0.39 is 11.7 Å². The van der Waals surface area contributed by atoms with Gasteiger partial charge in [0.1, 0.15) is 17.9 Å². The molecule has 0 bridgehead atoms. The van der Waals surface area contributed by atoms with Crippen molar-refractivity contribution < 1.29 is 17.9 Å². The molecule has 0 saturated carbocycles. The maximum atomic E-state index is 12.7. The van der Waals surface area contributed by atoms with Crippen molar-refractivity contribution in [3.05, 3.63) is 72.6 Å². The van der Waals surface area contributed by atoms with E-state index in [1.54, 1.807) is 24.3 Å². The van der Waals surface area contributed by atoms with Crippen molar-refractivity contribution in [2.45, 2.75) is 6.18 Å². The molecule has 0 fully saturated rings. The molecule has 8 heteroatoms. The highest BCUT2D eigenvalue weighted by Crippen LogP contribution is 2.31. The number of fused-ring (bicyclic) bond motifs is 1. The molecule has 0 aliphatic carbocycles. The zero-order valence-corrected chi connectivity index (χ0v) is 14.3. The number of hydrogen-bond donors (Lipinski definition) is 1. The van der Waals surface area contributed by atoms with Crippen molar-refractivity contribution >= 4 is 16.7 Å². The normalized spacial score (nSPS) is 11.5. The highest BCUT2D eigenvalue weighted by atomic mass is 19.4. The van der Waals surface area contributed by atoms with Crippen LogP contribution in [0.5, 0.6) is 11.6 Å². The molecule has 28 heavy (non-hydrogen) atoms. The Morgan fingerprint density at radius 1 is 0.857 bits per heavy atom. The van der Waals surface area contributed by atoms with Gasteiger partial charge in [-0.15, -0.1) is 0 Å². The van der Waals surface area contributed by atoms with Crippen LogP contribution in [-0.4, -0.2) is 15.0 Å². The minimum Gasteiger partial charge on any atom is -0.439 e. The summed E-state index contributed by atoms with van der Waals surface area (Å²) in [7, 11) is 0. The first kappa shape index (κ1) is 17.7. The Labute approximate surface area is 157 Å². The summed E-state index contributed by atoms with van der Waals surface area (Å²) in [6.07, 6.45) is -3.09. The second kappa shape index (κ2) is 6.80. The van der Waals surface area contributed by atoms with Gasteiger partial charge in [-0.25, -0.2) is 15.0 Å². The molecule has 0 saturated heterocycles. The molecule has 0 radical (unpaired) electrons. The fourth-order valence-electron chi connectivity index (χ4n) is 2.68. The molecule has 0 aliphatic heterocycles. The lowest BCUT2D eigenvalue weighted by Gasteiger charge is -2.09. The summed E-state index contributed by atoms with van der Waals surface area (Å²) in [4.78, 5) is 12.4. The van der Waals surface area contributed by atoms with Gasteiger partial charge in [0.15, 0.2) is 0 Å². The minimum absolute atomic E-state index is 0.258. The second-order valence-corrected chi connectivity index (χ2v) is 6.01. The van der Waals surface area contributed by atoms with Gasteiger partial charge in [-0.1, -0.05) is 12.1 Å². The third-order valence-corrected chi connectivity index (χ3v) is 4.06. The number of alkyl halides is 3. The topological polar surface area (TPSA) is 73.9 Å². The number of ether oxygens (including phenoxy) is 1. The van der Waals surface area contributed by atoms with Crippen LogP contribution in [0.15, 0.2) is 67.0 Å². The third kappa shape index (κ3) is 3.71. The number of rotatable bonds is 3. The molecule has 0 aliphatic rings. The summed E-state index contributed by atoms with van der Waals surface area (Å²) in [6, 6.07) is 15.2. The number of hydrogen-bond acceptors (Lipinski definition) is 5. The van der Waals surface area contributed by atoms with Crippen LogP contribution in [0.1, 0.15) is 5.56 Å². The second-order valence-electron chi connectivity index (χ2n) is 6.01. The highest BCUT2D eigenvalue weighted by molar-refractivity contribution is 5.81. The average molecular weight is 382 g/mol. The zero-order chi connectivity index (χ0) is 19.7. The SMILES string of the molecule is Nc1ccc2ccc(Oc3cc(-c4ccc(C(F)(F)F)cc4)ncn3)cc2n1. The van der Waals surface area contributed by atoms with Crippen LogP contribution >= 0.6 is 0 Å². The molecule has 0 spiro atoms. The summed E-state index contributed by atoms with van der Waals surface area (Å²) < 4.78 is 43.9. The molecule has 2 aromatic carbocycles. The fourth-order valence-corrected chi connectivity index (χ4v) is 2.68. The number of pyridine rings is 1. The fraction of sp³-hybridized carbons (Fsp3) is 0.0500. The summed E-state index contributed by atoms with van der Waals surface area (Å²) in [6.45, 7) is 0. The molecule has 4 rings (SSSR count). The van der Waals surface area contributed by atoms with E-state index in [-0.39, 0.29) is 5.88 Å². The molecule has 0 amide bonds. The number of halogens is 3. The minimum atomic E-state index is -4.38. The lowest BCUT2D eigenvalue weighted by Crippen LogP contribution is -2.04. The highest BCUT2D eigenvalue weighted by Gasteiger charge is 2.30. The largest absolute Gasteiger partial charge is 0.439 e. The van der Waals surface area contributed by atoms with E-state index in [1.165, 1.54) is 18.5 Å². The van der Waals surface area contributed by atoms with Gasteiger partial charge < -0.3 is 10.5 Å². The Morgan fingerprint density at radius 2 is 1.61 bits per heavy atom. The molecule has 2 aromatic heterocycles. The standard InChI is InChI=1S/C20H13F3N4O/c21-20(22,23)14-5-1-12(2-6-14)16-10-19(26-11-25-16)28-15-7-3-13-4-8-18(24)27-17(13)9-15/h1-11H,(H2,24,27). The summed E-state index contributed by atoms with van der Waals surface area (Å²) in [5, 5.41) is 0.912. The van der Waals surface area contributed by atoms with Gasteiger partial charge in [-0.2, -0.15) is 13.2 Å². The number of nitrogen functional groups attached to an aromatic ring is 1. The van der Waals surface area contributed by atoms with E-state index in [2.05, 4.69) is 15.0 Å². The van der Waals surface area contributed by atoms with E-state index in [1.807, 2.05) is 12.1 Å². The lowest BCUT2D eigenvalue weighted by atomic mass is 10.1. The monoisotopic (exact) mass is 382 g/mol. The van der Waals surface area contributed by atoms with Crippen molar-refractivity contribution in [1.29, 1.82) is 0 Å². The maximum Gasteiger partial charge on any atom is 0.416 e. The number of nitrogens with zero attached hydrogens (tertiary/aromatic N) is 3. The van der Waals surface area contributed by atoms with Gasteiger partial charge in [0, 0.05) is 23.1 Å². The molecule has 0 unspecified atom stereocenters. The Kier molecular flexibility index (Phi) is 4.31. The maximum absolute atomic E-state index is 12.7. The van der Waals surface area contributed by atoms with E-state index in [0.717, 1.165) is 17.5 Å². The van der Waals surface area contributed by atoms with Crippen LogP contribution in [0.25, 0.3) is 22.2 Å². The van der Waals surface area contributed by atoms with Gasteiger partial charge in [-0.05, 0) is 36.4 Å². The van der Waals surface area contributed by atoms with E-state index >= 15 is 0 Å². The predicted molar refractivity (Wildman–Crippen MR) is 98.7 cm³/mol. The first-order valence-electron chi connectivity index (χ1n) is 8.22. The van der Waals surface area contributed by atoms with Crippen molar-refractivity contribution in [3.63, 3.8) is 0 Å². The average Bonchev–Trinajstić information content (AvgIpc) is 2.67. The molecular formula is C20H13F3N4O. The molecule has 0 atom stereocenters. The number of nitrogens with two attached hydrogens (primary N) is 1. The Morgan fingerprint density at radius 3 is 2.36 bits per heavy atom. The van der Waals surface area contributed by atoms with Gasteiger partial charge in [-0.3, -0.25) is 0 Å². The Bertz CT molecular complexity index is 1140. The molecule has 2 N–H and O–H groups in total. The molecule has 140 valence electrons. The summed E-state index contributed by atoms with van der Waals surface area (Å²) in [5.74, 6) is 1.16. The van der Waals surface area contributed by atoms with Crippen LogP contribution in [0.3, 0.4) is 0 Å². The smallest absolute Gasteiger partial charge is 0.416 e. The zero-order valence-electron chi connectivity index (χ0n) is 14.3. The van der Waals surface area contributed by atoms with E-state index in [0.29, 0.717) is 28.3 Å². The quantitative estimate of drug-likeness (QED) is 0.535. The van der Waals surface area contributed by atoms with Gasteiger partial charge >= 0.3 is 6.18 Å². The van der Waals surface area contributed by atoms with Gasteiger partial charge in [0.25, 0.3) is 0 Å². The van der Waals surface area contributed by atoms with E-state index in [4.69, 9.17) is 10.5 Å². The number of benzene rings is 2. The van der Waals surface area contributed by atoms with Crippen molar-refractivity contribution in [2.24, 2.45) is 0 Å². The van der Waals surface area contributed by atoms with Crippen LogP contribution in [0.4, 0.5) is 19.0 Å². The van der Waals surface area contributed by atoms with Crippen LogP contribution in [-0.2, 0) is 6.18 Å². The van der Waals surface area contributed by atoms with E-state index in [9.17, 15) is 13.2 Å². The third-order valence-electron chi connectivity index (χ3n) is 4.06. The van der Waals surface area contributed by atoms with Crippen LogP contribution in [0.2, 0.25) is 0 Å². The predicted octanol–water partition coefficient (Wildman–Crippen LogP) is 5.09. The summed E-state index contributed by atoms with van der Waals surface area (Å²) in [5.41, 5.74) is 6.63.